The molecule has 1 aromatic carbocycles. The van der Waals surface area contributed by atoms with E-state index in [1.807, 2.05) is 0 Å². The minimum atomic E-state index is -0.868. The molecule has 0 aromatic heterocycles. The van der Waals surface area contributed by atoms with Crippen LogP contribution >= 0.6 is 0 Å². The maximum absolute atomic E-state index is 11.6. The maximum Gasteiger partial charge on any atom is 0.303 e. The summed E-state index contributed by atoms with van der Waals surface area (Å²) < 4.78 is 5.52. The molecule has 0 aliphatic carbocycles. The van der Waals surface area contributed by atoms with Gasteiger partial charge in [0.2, 0.25) is 5.91 Å². The second-order valence-electron chi connectivity index (χ2n) is 5.54. The quantitative estimate of drug-likeness (QED) is 0.509. The molecule has 0 saturated carbocycles. The molecule has 6 heteroatoms. The van der Waals surface area contributed by atoms with Crippen LogP contribution in [0.5, 0.6) is 5.75 Å². The highest BCUT2D eigenvalue weighted by molar-refractivity contribution is 5.94. The van der Waals surface area contributed by atoms with Crippen LogP contribution in [-0.4, -0.2) is 35.9 Å². The first-order valence-corrected chi connectivity index (χ1v) is 7.60. The van der Waals surface area contributed by atoms with Crippen molar-refractivity contribution in [3.63, 3.8) is 0 Å². The van der Waals surface area contributed by atoms with Crippen molar-refractivity contribution in [2.24, 2.45) is 5.92 Å². The number of aliphatic carboxylic acids is 1. The number of rotatable bonds is 10. The van der Waals surface area contributed by atoms with Gasteiger partial charge in [0.25, 0.3) is 0 Å². The fourth-order valence-corrected chi connectivity index (χ4v) is 1.97. The Balaban J connectivity index is 2.21. The normalized spacial score (nSPS) is 11.6. The Morgan fingerprint density at radius 3 is 2.70 bits per heavy atom. The van der Waals surface area contributed by atoms with Gasteiger partial charge in [0.15, 0.2) is 5.78 Å². The molecule has 1 rings (SSSR count). The molecule has 0 radical (unpaired) electrons. The molecule has 1 atom stereocenters. The van der Waals surface area contributed by atoms with E-state index in [4.69, 9.17) is 9.84 Å². The van der Waals surface area contributed by atoms with E-state index in [0.717, 1.165) is 0 Å². The topological polar surface area (TPSA) is 92.7 Å². The lowest BCUT2D eigenvalue weighted by atomic mass is 10.1. The predicted molar refractivity (Wildman–Crippen MR) is 85.6 cm³/mol. The number of Topliss-reactive ketones (excluding diaryl/α,β-unsaturated/α-hetero) is 1. The highest BCUT2D eigenvalue weighted by atomic mass is 16.5. The van der Waals surface area contributed by atoms with E-state index < -0.39 is 5.97 Å². The lowest BCUT2D eigenvalue weighted by molar-refractivity contribution is -0.138. The van der Waals surface area contributed by atoms with Gasteiger partial charge in [0, 0.05) is 24.9 Å². The third-order valence-electron chi connectivity index (χ3n) is 3.23. The number of amides is 1. The zero-order valence-electron chi connectivity index (χ0n) is 13.5. The van der Waals surface area contributed by atoms with Crippen LogP contribution in [0.15, 0.2) is 24.3 Å². The number of carbonyl (C=O) groups is 3. The Morgan fingerprint density at radius 1 is 1.30 bits per heavy atom. The third kappa shape index (κ3) is 7.99. The van der Waals surface area contributed by atoms with Crippen LogP contribution in [0.2, 0.25) is 0 Å². The van der Waals surface area contributed by atoms with E-state index in [1.165, 1.54) is 6.92 Å². The molecular formula is C17H23NO5. The summed E-state index contributed by atoms with van der Waals surface area (Å²) in [7, 11) is 0. The van der Waals surface area contributed by atoms with Gasteiger partial charge in [0.05, 0.1) is 6.61 Å². The third-order valence-corrected chi connectivity index (χ3v) is 3.23. The summed E-state index contributed by atoms with van der Waals surface area (Å²) in [5.41, 5.74) is 0.590. The summed E-state index contributed by atoms with van der Waals surface area (Å²) in [6.45, 7) is 4.00. The molecule has 23 heavy (non-hydrogen) atoms. The number of hydrogen-bond acceptors (Lipinski definition) is 4. The standard InChI is InChI=1S/C17H23NO5/c1-12(9-17(21)22)11-18-16(20)7-4-8-23-15-6-3-5-14(10-15)13(2)19/h3,5-6,10,12H,4,7-9,11H2,1-2H3,(H,18,20)(H,21,22). The van der Waals surface area contributed by atoms with Crippen LogP contribution < -0.4 is 10.1 Å². The van der Waals surface area contributed by atoms with Gasteiger partial charge in [-0.1, -0.05) is 19.1 Å². The molecule has 0 saturated heterocycles. The number of ketones is 1. The number of carbonyl (C=O) groups excluding carboxylic acids is 2. The molecule has 1 aromatic rings. The molecule has 1 amide bonds. The van der Waals surface area contributed by atoms with E-state index in [1.54, 1.807) is 31.2 Å². The van der Waals surface area contributed by atoms with E-state index in [9.17, 15) is 14.4 Å². The monoisotopic (exact) mass is 321 g/mol. The summed E-state index contributed by atoms with van der Waals surface area (Å²) in [4.78, 5) is 33.4. The first-order chi connectivity index (χ1) is 10.9. The van der Waals surface area contributed by atoms with E-state index in [-0.39, 0.29) is 24.0 Å². The number of ether oxygens (including phenoxy) is 1. The van der Waals surface area contributed by atoms with Crippen molar-refractivity contribution in [1.82, 2.24) is 5.32 Å². The average molecular weight is 321 g/mol. The van der Waals surface area contributed by atoms with Crippen molar-refractivity contribution >= 4 is 17.7 Å². The summed E-state index contributed by atoms with van der Waals surface area (Å²) in [6, 6.07) is 6.92. The van der Waals surface area contributed by atoms with Crippen LogP contribution in [0.3, 0.4) is 0 Å². The zero-order valence-corrected chi connectivity index (χ0v) is 13.5. The molecule has 0 heterocycles. The molecule has 2 N–H and O–H groups in total. The highest BCUT2D eigenvalue weighted by Crippen LogP contribution is 2.14. The van der Waals surface area contributed by atoms with Gasteiger partial charge in [-0.3, -0.25) is 14.4 Å². The zero-order chi connectivity index (χ0) is 17.2. The van der Waals surface area contributed by atoms with Crippen LogP contribution in [0.1, 0.15) is 43.5 Å². The van der Waals surface area contributed by atoms with Gasteiger partial charge in [-0.05, 0) is 31.4 Å². The lowest BCUT2D eigenvalue weighted by Crippen LogP contribution is -2.29. The Morgan fingerprint density at radius 2 is 2.04 bits per heavy atom. The minimum Gasteiger partial charge on any atom is -0.494 e. The number of nitrogens with one attached hydrogen (secondary N) is 1. The van der Waals surface area contributed by atoms with Gasteiger partial charge in [-0.15, -0.1) is 0 Å². The SMILES string of the molecule is CC(=O)c1cccc(OCCCC(=O)NCC(C)CC(=O)O)c1. The Labute approximate surface area is 135 Å². The van der Waals surface area contributed by atoms with Crippen molar-refractivity contribution in [2.45, 2.75) is 33.1 Å². The molecule has 0 fully saturated rings. The Kier molecular flexibility index (Phi) is 7.80. The molecule has 0 aliphatic rings. The van der Waals surface area contributed by atoms with Gasteiger partial charge in [0.1, 0.15) is 5.75 Å². The van der Waals surface area contributed by atoms with Gasteiger partial charge in [-0.25, -0.2) is 0 Å². The van der Waals surface area contributed by atoms with E-state index in [2.05, 4.69) is 5.32 Å². The maximum atomic E-state index is 11.6. The molecule has 6 nitrogen and oxygen atoms in total. The fourth-order valence-electron chi connectivity index (χ4n) is 1.97. The lowest BCUT2D eigenvalue weighted by Gasteiger charge is -2.10. The van der Waals surface area contributed by atoms with Crippen molar-refractivity contribution in [1.29, 1.82) is 0 Å². The molecule has 1 unspecified atom stereocenters. The van der Waals surface area contributed by atoms with Gasteiger partial charge in [-0.2, -0.15) is 0 Å². The second-order valence-corrected chi connectivity index (χ2v) is 5.54. The van der Waals surface area contributed by atoms with Crippen molar-refractivity contribution < 1.29 is 24.2 Å². The Hall–Kier alpha value is -2.37. The smallest absolute Gasteiger partial charge is 0.303 e. The van der Waals surface area contributed by atoms with Crippen molar-refractivity contribution in [3.05, 3.63) is 29.8 Å². The molecular weight excluding hydrogens is 298 g/mol. The summed E-state index contributed by atoms with van der Waals surface area (Å²) in [5.74, 6) is -0.503. The van der Waals surface area contributed by atoms with Crippen molar-refractivity contribution in [2.75, 3.05) is 13.2 Å². The van der Waals surface area contributed by atoms with Crippen LogP contribution in [0.4, 0.5) is 0 Å². The first kappa shape index (κ1) is 18.7. The predicted octanol–water partition coefficient (Wildman–Crippen LogP) is 2.28. The van der Waals surface area contributed by atoms with Crippen LogP contribution in [-0.2, 0) is 9.59 Å². The largest absolute Gasteiger partial charge is 0.494 e. The molecule has 0 spiro atoms. The summed E-state index contributed by atoms with van der Waals surface area (Å²) >= 11 is 0. The summed E-state index contributed by atoms with van der Waals surface area (Å²) in [5, 5.41) is 11.3. The summed E-state index contributed by atoms with van der Waals surface area (Å²) in [6.07, 6.45) is 0.894. The molecule has 0 bridgehead atoms. The number of carboxylic acids is 1. The number of carboxylic acid groups (broad SMARTS) is 1. The van der Waals surface area contributed by atoms with E-state index in [0.29, 0.717) is 37.3 Å². The fraction of sp³-hybridized carbons (Fsp3) is 0.471. The number of benzene rings is 1. The highest BCUT2D eigenvalue weighted by Gasteiger charge is 2.09. The molecule has 0 aliphatic heterocycles. The van der Waals surface area contributed by atoms with Crippen LogP contribution in [0, 0.1) is 5.92 Å². The Bertz CT molecular complexity index is 556. The van der Waals surface area contributed by atoms with Gasteiger partial charge >= 0.3 is 5.97 Å². The molecule has 126 valence electrons. The first-order valence-electron chi connectivity index (χ1n) is 7.60. The van der Waals surface area contributed by atoms with Crippen molar-refractivity contribution in [3.8, 4) is 5.75 Å². The second kappa shape index (κ2) is 9.61. The number of hydrogen-bond donors (Lipinski definition) is 2. The van der Waals surface area contributed by atoms with Gasteiger partial charge < -0.3 is 15.2 Å². The van der Waals surface area contributed by atoms with E-state index >= 15 is 0 Å². The van der Waals surface area contributed by atoms with Crippen LogP contribution in [0.25, 0.3) is 0 Å². The average Bonchev–Trinajstić information content (AvgIpc) is 2.49. The minimum absolute atomic E-state index is 0.0229.